The summed E-state index contributed by atoms with van der Waals surface area (Å²) in [6.07, 6.45) is 1.86. The zero-order chi connectivity index (χ0) is 23.0. The number of carbonyl (C=O) groups excluding carboxylic acids is 1. The Hall–Kier alpha value is -3.00. The van der Waals surface area contributed by atoms with Crippen LogP contribution in [0.5, 0.6) is 0 Å². The highest BCUT2D eigenvalue weighted by molar-refractivity contribution is 7.89. The zero-order valence-electron chi connectivity index (χ0n) is 18.1. The van der Waals surface area contributed by atoms with Gasteiger partial charge in [0.25, 0.3) is 5.91 Å². The number of hydrogen-bond acceptors (Lipinski definition) is 7. The minimum Gasteiger partial charge on any atom is -0.354 e. The van der Waals surface area contributed by atoms with Crippen LogP contribution in [0.1, 0.15) is 29.3 Å². The van der Waals surface area contributed by atoms with E-state index in [0.717, 1.165) is 44.1 Å². The second-order valence-electron chi connectivity index (χ2n) is 7.46. The molecule has 10 heteroatoms. The number of aromatic nitrogens is 1. The van der Waals surface area contributed by atoms with E-state index in [0.29, 0.717) is 12.1 Å². The molecule has 3 rings (SSSR count). The van der Waals surface area contributed by atoms with E-state index in [-0.39, 0.29) is 23.8 Å². The number of benzene rings is 1. The van der Waals surface area contributed by atoms with Crippen molar-refractivity contribution in [3.05, 3.63) is 53.7 Å². The third-order valence-electron chi connectivity index (χ3n) is 5.36. The summed E-state index contributed by atoms with van der Waals surface area (Å²) in [5.41, 5.74) is 1.24. The van der Waals surface area contributed by atoms with Gasteiger partial charge in [-0.1, -0.05) is 13.0 Å². The first-order chi connectivity index (χ1) is 15.4. The van der Waals surface area contributed by atoms with Crippen molar-refractivity contribution in [2.24, 2.45) is 0 Å². The predicted octanol–water partition coefficient (Wildman–Crippen LogP) is 1.35. The Morgan fingerprint density at radius 3 is 2.44 bits per heavy atom. The Morgan fingerprint density at radius 2 is 1.84 bits per heavy atom. The van der Waals surface area contributed by atoms with E-state index in [1.54, 1.807) is 6.20 Å². The fourth-order valence-electron chi connectivity index (χ4n) is 3.40. The smallest absolute Gasteiger partial charge is 0.251 e. The Kier molecular flexibility index (Phi) is 8.16. The van der Waals surface area contributed by atoms with Crippen LogP contribution in [0.2, 0.25) is 0 Å². The molecule has 0 radical (unpaired) electrons. The maximum Gasteiger partial charge on any atom is 0.251 e. The topological polar surface area (TPSA) is 118 Å². The van der Waals surface area contributed by atoms with Gasteiger partial charge in [-0.2, -0.15) is 5.26 Å². The van der Waals surface area contributed by atoms with Crippen LogP contribution in [-0.4, -0.2) is 63.5 Å². The molecule has 1 fully saturated rings. The average Bonchev–Trinajstić information content (AvgIpc) is 2.83. The van der Waals surface area contributed by atoms with Gasteiger partial charge in [0.2, 0.25) is 10.0 Å². The van der Waals surface area contributed by atoms with Gasteiger partial charge in [0.15, 0.2) is 0 Å². The minimum absolute atomic E-state index is 0.0445. The number of carbonyl (C=O) groups is 1. The Morgan fingerprint density at radius 1 is 1.12 bits per heavy atom. The minimum atomic E-state index is -3.70. The molecule has 1 saturated heterocycles. The monoisotopic (exact) mass is 456 g/mol. The molecule has 9 nitrogen and oxygen atoms in total. The number of nitrogens with one attached hydrogen (secondary N) is 2. The van der Waals surface area contributed by atoms with E-state index in [1.807, 2.05) is 18.2 Å². The molecule has 1 aliphatic heterocycles. The highest BCUT2D eigenvalue weighted by Gasteiger charge is 2.17. The number of amides is 1. The lowest BCUT2D eigenvalue weighted by molar-refractivity contribution is 0.0951. The fourth-order valence-corrected chi connectivity index (χ4v) is 4.43. The summed E-state index contributed by atoms with van der Waals surface area (Å²) >= 11 is 0. The number of likely N-dealkylation sites (N-methyl/N-ethyl adjacent to an activating group) is 1. The lowest BCUT2D eigenvalue weighted by Gasteiger charge is -2.34. The molecule has 0 atom stereocenters. The summed E-state index contributed by atoms with van der Waals surface area (Å²) in [4.78, 5) is 21.7. The SMILES string of the molecule is CCN1CCN(c2ccc(CNC(=O)c3ccc(S(=O)(=O)NCCC#N)cc3)cn2)CC1. The van der Waals surface area contributed by atoms with Gasteiger partial charge in [-0.15, -0.1) is 0 Å². The standard InChI is InChI=1S/C22H28N6O3S/c1-2-27-12-14-28(15-13-27)21-9-4-18(16-24-21)17-25-22(29)19-5-7-20(8-6-19)32(30,31)26-11-3-10-23/h4-9,16,26H,2-3,11-15,17H2,1H3,(H,25,29). The van der Waals surface area contributed by atoms with Crippen molar-refractivity contribution in [2.45, 2.75) is 24.8 Å². The first-order valence-electron chi connectivity index (χ1n) is 10.6. The van der Waals surface area contributed by atoms with Crippen LogP contribution in [-0.2, 0) is 16.6 Å². The summed E-state index contributed by atoms with van der Waals surface area (Å²) in [5, 5.41) is 11.3. The molecule has 2 aromatic rings. The predicted molar refractivity (Wildman–Crippen MR) is 122 cm³/mol. The van der Waals surface area contributed by atoms with Gasteiger partial charge in [0, 0.05) is 57.4 Å². The quantitative estimate of drug-likeness (QED) is 0.547. The number of sulfonamides is 1. The Labute approximate surface area is 189 Å². The first kappa shape index (κ1) is 23.7. The molecule has 2 N–H and O–H groups in total. The van der Waals surface area contributed by atoms with Gasteiger partial charge in [0.05, 0.1) is 11.0 Å². The fraction of sp³-hybridized carbons (Fsp3) is 0.409. The number of piperazine rings is 1. The third kappa shape index (κ3) is 6.26. The average molecular weight is 457 g/mol. The lowest BCUT2D eigenvalue weighted by Crippen LogP contribution is -2.46. The van der Waals surface area contributed by atoms with Crippen molar-refractivity contribution < 1.29 is 13.2 Å². The van der Waals surface area contributed by atoms with Gasteiger partial charge in [-0.05, 0) is 42.4 Å². The molecule has 2 heterocycles. The highest BCUT2D eigenvalue weighted by Crippen LogP contribution is 2.14. The van der Waals surface area contributed by atoms with Crippen molar-refractivity contribution in [1.82, 2.24) is 19.9 Å². The molecule has 0 saturated carbocycles. The van der Waals surface area contributed by atoms with Gasteiger partial charge in [-0.3, -0.25) is 4.79 Å². The van der Waals surface area contributed by atoms with E-state index in [4.69, 9.17) is 5.26 Å². The van der Waals surface area contributed by atoms with Crippen molar-refractivity contribution in [3.63, 3.8) is 0 Å². The molecule has 32 heavy (non-hydrogen) atoms. The van der Waals surface area contributed by atoms with Crippen molar-refractivity contribution in [2.75, 3.05) is 44.2 Å². The molecule has 1 aliphatic rings. The molecule has 0 aliphatic carbocycles. The number of rotatable bonds is 9. The molecular weight excluding hydrogens is 428 g/mol. The molecule has 0 spiro atoms. The second-order valence-corrected chi connectivity index (χ2v) is 9.23. The summed E-state index contributed by atoms with van der Waals surface area (Å²) in [6, 6.07) is 11.5. The van der Waals surface area contributed by atoms with Crippen molar-refractivity contribution >= 4 is 21.7 Å². The summed E-state index contributed by atoms with van der Waals surface area (Å²) in [6.45, 7) is 7.58. The van der Waals surface area contributed by atoms with E-state index in [1.165, 1.54) is 24.3 Å². The zero-order valence-corrected chi connectivity index (χ0v) is 18.9. The van der Waals surface area contributed by atoms with Gasteiger partial charge in [-0.25, -0.2) is 18.1 Å². The molecule has 0 bridgehead atoms. The van der Waals surface area contributed by atoms with Crippen molar-refractivity contribution in [3.8, 4) is 6.07 Å². The van der Waals surface area contributed by atoms with E-state index in [2.05, 4.69) is 31.7 Å². The van der Waals surface area contributed by atoms with Crippen LogP contribution in [0.15, 0.2) is 47.5 Å². The number of nitrogens with zero attached hydrogens (tertiary/aromatic N) is 4. The summed E-state index contributed by atoms with van der Waals surface area (Å²) in [7, 11) is -3.70. The van der Waals surface area contributed by atoms with Crippen LogP contribution in [0.3, 0.4) is 0 Å². The van der Waals surface area contributed by atoms with Gasteiger partial charge in [0.1, 0.15) is 5.82 Å². The molecular formula is C22H28N6O3S. The Balaban J connectivity index is 1.51. The summed E-state index contributed by atoms with van der Waals surface area (Å²) < 4.78 is 26.6. The maximum absolute atomic E-state index is 12.4. The summed E-state index contributed by atoms with van der Waals surface area (Å²) in [5.74, 6) is 0.641. The van der Waals surface area contributed by atoms with Crippen LogP contribution < -0.4 is 14.9 Å². The van der Waals surface area contributed by atoms with Crippen LogP contribution >= 0.6 is 0 Å². The normalized spacial score (nSPS) is 14.7. The van der Waals surface area contributed by atoms with E-state index in [9.17, 15) is 13.2 Å². The molecule has 1 aromatic carbocycles. The third-order valence-corrected chi connectivity index (χ3v) is 6.84. The van der Waals surface area contributed by atoms with Crippen molar-refractivity contribution in [1.29, 1.82) is 5.26 Å². The van der Waals surface area contributed by atoms with Gasteiger partial charge >= 0.3 is 0 Å². The number of pyridine rings is 1. The molecule has 170 valence electrons. The van der Waals surface area contributed by atoms with E-state index >= 15 is 0 Å². The first-order valence-corrected chi connectivity index (χ1v) is 12.1. The molecule has 1 aromatic heterocycles. The number of hydrogen-bond donors (Lipinski definition) is 2. The number of anilines is 1. The van der Waals surface area contributed by atoms with Crippen LogP contribution in [0.25, 0.3) is 0 Å². The highest BCUT2D eigenvalue weighted by atomic mass is 32.2. The van der Waals surface area contributed by atoms with Gasteiger partial charge < -0.3 is 15.1 Å². The number of nitriles is 1. The largest absolute Gasteiger partial charge is 0.354 e. The molecule has 1 amide bonds. The molecule has 0 unspecified atom stereocenters. The lowest BCUT2D eigenvalue weighted by atomic mass is 10.2. The van der Waals surface area contributed by atoms with Crippen LogP contribution in [0, 0.1) is 11.3 Å². The maximum atomic E-state index is 12.4. The Bertz CT molecular complexity index is 1040. The van der Waals surface area contributed by atoms with E-state index < -0.39 is 10.0 Å². The second kappa shape index (κ2) is 11.0. The van der Waals surface area contributed by atoms with Crippen LogP contribution in [0.4, 0.5) is 5.82 Å².